The molecular weight excluding hydrogens is 454 g/mol. The van der Waals surface area contributed by atoms with Crippen molar-refractivity contribution < 1.29 is 4.79 Å². The lowest BCUT2D eigenvalue weighted by Gasteiger charge is -2.26. The quantitative estimate of drug-likeness (QED) is 0.168. The van der Waals surface area contributed by atoms with E-state index in [1.54, 1.807) is 4.90 Å². The van der Waals surface area contributed by atoms with Crippen LogP contribution in [-0.2, 0) is 4.79 Å². The summed E-state index contributed by atoms with van der Waals surface area (Å²) in [6.45, 7) is 0. The van der Waals surface area contributed by atoms with Crippen LogP contribution in [-0.4, -0.2) is 17.5 Å². The van der Waals surface area contributed by atoms with Crippen LogP contribution in [0.3, 0.4) is 0 Å². The molecule has 1 amide bonds. The first-order valence-corrected chi connectivity index (χ1v) is 13.2. The Morgan fingerprint density at radius 3 is 1.62 bits per heavy atom. The van der Waals surface area contributed by atoms with E-state index < -0.39 is 0 Å². The first-order valence-electron chi connectivity index (χ1n) is 11.5. The van der Waals surface area contributed by atoms with Crippen molar-refractivity contribution in [3.63, 3.8) is 0 Å². The van der Waals surface area contributed by atoms with E-state index in [4.69, 9.17) is 0 Å². The molecule has 2 nitrogen and oxygen atoms in total. The molecule has 0 aliphatic heterocycles. The van der Waals surface area contributed by atoms with Crippen LogP contribution < -0.4 is 4.90 Å². The van der Waals surface area contributed by atoms with Crippen LogP contribution in [0.1, 0.15) is 24.3 Å². The van der Waals surface area contributed by atoms with Crippen molar-refractivity contribution in [3.05, 3.63) is 127 Å². The number of carbonyl (C=O) groups excluding carboxylic acids is 1. The van der Waals surface area contributed by atoms with Gasteiger partial charge in [-0.05, 0) is 54.3 Å². The highest BCUT2D eigenvalue weighted by Gasteiger charge is 2.24. The molecule has 0 heterocycles. The fourth-order valence-corrected chi connectivity index (χ4v) is 6.61. The van der Waals surface area contributed by atoms with Gasteiger partial charge in [-0.2, -0.15) is 0 Å². The van der Waals surface area contributed by atoms with E-state index in [0.717, 1.165) is 12.1 Å². The Hall–Kier alpha value is -2.95. The standard InChI is InChI=1S/C30H29NOS2/c1-31(26-16-8-3-9-17-26)29(32)22-25(24-14-6-2-7-15-24)23-30(33-27-18-10-4-11-19-27)34-28-20-12-5-13-21-28/h2-21,25,30H,22-23H2,1H3. The predicted molar refractivity (Wildman–Crippen MR) is 147 cm³/mol. The normalized spacial score (nSPS) is 11.8. The average Bonchev–Trinajstić information content (AvgIpc) is 2.90. The third-order valence-electron chi connectivity index (χ3n) is 5.71. The number of thioether (sulfide) groups is 2. The van der Waals surface area contributed by atoms with Crippen molar-refractivity contribution in [1.29, 1.82) is 0 Å². The van der Waals surface area contributed by atoms with E-state index in [9.17, 15) is 4.79 Å². The van der Waals surface area contributed by atoms with Crippen LogP contribution in [0.25, 0.3) is 0 Å². The van der Waals surface area contributed by atoms with E-state index in [1.807, 2.05) is 79.1 Å². The summed E-state index contributed by atoms with van der Waals surface area (Å²) in [4.78, 5) is 17.6. The lowest BCUT2D eigenvalue weighted by atomic mass is 9.92. The largest absolute Gasteiger partial charge is 0.315 e. The first-order chi connectivity index (χ1) is 16.7. The maximum absolute atomic E-state index is 13.3. The third kappa shape index (κ3) is 7.02. The zero-order valence-corrected chi connectivity index (χ0v) is 20.9. The molecule has 172 valence electrons. The van der Waals surface area contributed by atoms with Gasteiger partial charge in [-0.3, -0.25) is 4.79 Å². The monoisotopic (exact) mass is 483 g/mol. The number of amides is 1. The Balaban J connectivity index is 1.57. The number of rotatable bonds is 10. The molecule has 0 fully saturated rings. The summed E-state index contributed by atoms with van der Waals surface area (Å²) < 4.78 is 0.268. The summed E-state index contributed by atoms with van der Waals surface area (Å²) in [6.07, 6.45) is 1.36. The Labute approximate surface area is 211 Å². The molecule has 0 saturated carbocycles. The predicted octanol–water partition coefficient (Wildman–Crippen LogP) is 8.12. The lowest BCUT2D eigenvalue weighted by Crippen LogP contribution is -2.28. The molecule has 0 aliphatic rings. The van der Waals surface area contributed by atoms with Gasteiger partial charge in [0.15, 0.2) is 0 Å². The van der Waals surface area contributed by atoms with Crippen molar-refractivity contribution in [2.75, 3.05) is 11.9 Å². The maximum Gasteiger partial charge on any atom is 0.227 e. The minimum atomic E-state index is 0.122. The number of hydrogen-bond donors (Lipinski definition) is 0. The lowest BCUT2D eigenvalue weighted by molar-refractivity contribution is -0.118. The number of carbonyl (C=O) groups is 1. The molecule has 1 unspecified atom stereocenters. The number of nitrogens with zero attached hydrogens (tertiary/aromatic N) is 1. The Bertz CT molecular complexity index is 1100. The van der Waals surface area contributed by atoms with Gasteiger partial charge in [0, 0.05) is 28.9 Å². The van der Waals surface area contributed by atoms with Gasteiger partial charge in [-0.15, -0.1) is 23.5 Å². The van der Waals surface area contributed by atoms with Crippen LogP contribution in [0.4, 0.5) is 5.69 Å². The highest BCUT2D eigenvalue weighted by molar-refractivity contribution is 8.17. The van der Waals surface area contributed by atoms with Crippen molar-refractivity contribution in [3.8, 4) is 0 Å². The molecule has 4 rings (SSSR count). The highest BCUT2D eigenvalue weighted by atomic mass is 32.2. The zero-order valence-electron chi connectivity index (χ0n) is 19.3. The minimum absolute atomic E-state index is 0.122. The van der Waals surface area contributed by atoms with Crippen LogP contribution in [0, 0.1) is 0 Å². The van der Waals surface area contributed by atoms with E-state index in [0.29, 0.717) is 6.42 Å². The van der Waals surface area contributed by atoms with Crippen molar-refractivity contribution in [2.45, 2.75) is 33.1 Å². The molecule has 0 saturated heterocycles. The summed E-state index contributed by atoms with van der Waals surface area (Å²) >= 11 is 3.75. The van der Waals surface area contributed by atoms with Gasteiger partial charge in [0.1, 0.15) is 0 Å². The molecule has 0 bridgehead atoms. The summed E-state index contributed by atoms with van der Waals surface area (Å²) in [7, 11) is 1.87. The summed E-state index contributed by atoms with van der Waals surface area (Å²) in [5.41, 5.74) is 2.14. The zero-order chi connectivity index (χ0) is 23.6. The smallest absolute Gasteiger partial charge is 0.227 e. The highest BCUT2D eigenvalue weighted by Crippen LogP contribution is 2.42. The molecule has 4 heteroatoms. The second-order valence-electron chi connectivity index (χ2n) is 8.13. The van der Waals surface area contributed by atoms with Gasteiger partial charge in [0.25, 0.3) is 0 Å². The van der Waals surface area contributed by atoms with Crippen LogP contribution >= 0.6 is 23.5 Å². The molecule has 0 aliphatic carbocycles. The summed E-state index contributed by atoms with van der Waals surface area (Å²) in [6, 6.07) is 41.4. The second kappa shape index (κ2) is 12.5. The molecule has 0 N–H and O–H groups in total. The number of para-hydroxylation sites is 1. The number of hydrogen-bond acceptors (Lipinski definition) is 3. The number of benzene rings is 4. The maximum atomic E-state index is 13.3. The van der Waals surface area contributed by atoms with Crippen molar-refractivity contribution in [2.24, 2.45) is 0 Å². The first kappa shape index (κ1) is 24.2. The van der Waals surface area contributed by atoms with E-state index >= 15 is 0 Å². The molecule has 1 atom stereocenters. The second-order valence-corrected chi connectivity index (χ2v) is 11.0. The van der Waals surface area contributed by atoms with E-state index in [-0.39, 0.29) is 16.4 Å². The Morgan fingerprint density at radius 1 is 0.676 bits per heavy atom. The molecule has 0 radical (unpaired) electrons. The average molecular weight is 484 g/mol. The third-order valence-corrected chi connectivity index (χ3v) is 8.28. The van der Waals surface area contributed by atoms with Gasteiger partial charge in [-0.25, -0.2) is 0 Å². The van der Waals surface area contributed by atoms with E-state index in [2.05, 4.69) is 72.8 Å². The van der Waals surface area contributed by atoms with Crippen molar-refractivity contribution in [1.82, 2.24) is 0 Å². The van der Waals surface area contributed by atoms with Crippen LogP contribution in [0.2, 0.25) is 0 Å². The SMILES string of the molecule is CN(C(=O)CC(CC(Sc1ccccc1)Sc1ccccc1)c1ccccc1)c1ccccc1. The van der Waals surface area contributed by atoms with Crippen LogP contribution in [0.5, 0.6) is 0 Å². The van der Waals surface area contributed by atoms with Gasteiger partial charge in [-0.1, -0.05) is 84.9 Å². The Morgan fingerprint density at radius 2 is 1.12 bits per heavy atom. The molecular formula is C30H29NOS2. The summed E-state index contributed by atoms with van der Waals surface area (Å²) in [5, 5.41) is 0. The van der Waals surface area contributed by atoms with Crippen molar-refractivity contribution >= 4 is 35.1 Å². The van der Waals surface area contributed by atoms with E-state index in [1.165, 1.54) is 15.4 Å². The molecule has 4 aromatic rings. The van der Waals surface area contributed by atoms with Gasteiger partial charge in [0.2, 0.25) is 5.91 Å². The number of anilines is 1. The van der Waals surface area contributed by atoms with Gasteiger partial charge < -0.3 is 4.90 Å². The van der Waals surface area contributed by atoms with Gasteiger partial charge >= 0.3 is 0 Å². The fraction of sp³-hybridized carbons (Fsp3) is 0.167. The molecule has 0 spiro atoms. The Kier molecular flexibility index (Phi) is 8.89. The molecule has 34 heavy (non-hydrogen) atoms. The minimum Gasteiger partial charge on any atom is -0.315 e. The van der Waals surface area contributed by atoms with Gasteiger partial charge in [0.05, 0.1) is 4.58 Å². The molecule has 4 aromatic carbocycles. The summed E-state index contributed by atoms with van der Waals surface area (Å²) in [5.74, 6) is 0.255. The fourth-order valence-electron chi connectivity index (χ4n) is 3.86. The van der Waals surface area contributed by atoms with Crippen LogP contribution in [0.15, 0.2) is 131 Å². The topological polar surface area (TPSA) is 20.3 Å². The molecule has 0 aromatic heterocycles.